The third-order valence-electron chi connectivity index (χ3n) is 2.11. The lowest BCUT2D eigenvalue weighted by Gasteiger charge is -2.08. The van der Waals surface area contributed by atoms with Gasteiger partial charge in [-0.1, -0.05) is 27.5 Å². The summed E-state index contributed by atoms with van der Waals surface area (Å²) in [7, 11) is 0. The van der Waals surface area contributed by atoms with Gasteiger partial charge in [0.1, 0.15) is 5.75 Å². The Morgan fingerprint density at radius 2 is 2.24 bits per heavy atom. The third-order valence-corrected chi connectivity index (χ3v) is 2.92. The summed E-state index contributed by atoms with van der Waals surface area (Å²) < 4.78 is 6.42. The maximum absolute atomic E-state index is 10.8. The van der Waals surface area contributed by atoms with Crippen molar-refractivity contribution in [1.29, 1.82) is 0 Å². The number of rotatable bonds is 6. The molecule has 0 spiro atoms. The van der Waals surface area contributed by atoms with Gasteiger partial charge in [0, 0.05) is 10.9 Å². The number of unbranched alkanes of at least 4 members (excludes halogenated alkanes) is 1. The number of ether oxygens (including phenoxy) is 1. The van der Waals surface area contributed by atoms with E-state index >= 15 is 0 Å². The summed E-state index contributed by atoms with van der Waals surface area (Å²) in [6.45, 7) is 0.522. The number of benzene rings is 1. The van der Waals surface area contributed by atoms with E-state index in [1.54, 1.807) is 6.07 Å². The van der Waals surface area contributed by atoms with Crippen LogP contribution in [0.5, 0.6) is 5.75 Å². The highest BCUT2D eigenvalue weighted by Gasteiger charge is 2.02. The molecule has 4 nitrogen and oxygen atoms in total. The average molecular weight is 322 g/mol. The predicted molar refractivity (Wildman–Crippen MR) is 70.8 cm³/mol. The van der Waals surface area contributed by atoms with Gasteiger partial charge in [0.2, 0.25) is 5.91 Å². The Balaban J connectivity index is 2.26. The van der Waals surface area contributed by atoms with Crippen LogP contribution in [-0.4, -0.2) is 12.5 Å². The van der Waals surface area contributed by atoms with E-state index in [1.807, 2.05) is 12.1 Å². The molecular weight excluding hydrogens is 307 g/mol. The van der Waals surface area contributed by atoms with Gasteiger partial charge in [-0.2, -0.15) is 0 Å². The normalized spacial score (nSPS) is 10.1. The second-order valence-corrected chi connectivity index (χ2v) is 4.77. The van der Waals surface area contributed by atoms with E-state index in [-0.39, 0.29) is 5.91 Å². The molecule has 0 bridgehead atoms. The van der Waals surface area contributed by atoms with E-state index < -0.39 is 0 Å². The average Bonchev–Trinajstić information content (AvgIpc) is 2.32. The Morgan fingerprint density at radius 1 is 1.47 bits per heavy atom. The maximum Gasteiger partial charge on any atom is 0.233 e. The zero-order chi connectivity index (χ0) is 12.7. The summed E-state index contributed by atoms with van der Waals surface area (Å²) in [6, 6.07) is 5.43. The molecule has 0 saturated heterocycles. The van der Waals surface area contributed by atoms with Crippen molar-refractivity contribution in [3.63, 3.8) is 0 Å². The highest BCUT2D eigenvalue weighted by atomic mass is 79.9. The summed E-state index contributed by atoms with van der Waals surface area (Å²) in [6.07, 6.45) is 1.91. The summed E-state index contributed by atoms with van der Waals surface area (Å²) in [4.78, 5) is 10.8. The van der Waals surface area contributed by atoms with E-state index in [1.165, 1.54) is 0 Å². The van der Waals surface area contributed by atoms with Gasteiger partial charge < -0.3 is 4.74 Å². The smallest absolute Gasteiger partial charge is 0.233 e. The molecule has 1 rings (SSSR count). The number of carbonyl (C=O) groups excluding carboxylic acids is 1. The molecule has 6 heteroatoms. The molecule has 1 aromatic carbocycles. The number of hydrogen-bond donors (Lipinski definition) is 2. The lowest BCUT2D eigenvalue weighted by molar-refractivity contribution is -0.121. The molecule has 0 fully saturated rings. The number of amides is 1. The molecule has 1 amide bonds. The molecule has 0 heterocycles. The Hall–Kier alpha value is -0.780. The van der Waals surface area contributed by atoms with Crippen LogP contribution in [0.3, 0.4) is 0 Å². The largest absolute Gasteiger partial charge is 0.492 e. The van der Waals surface area contributed by atoms with Gasteiger partial charge in [0.05, 0.1) is 11.6 Å². The van der Waals surface area contributed by atoms with Crippen LogP contribution < -0.4 is 16.0 Å². The predicted octanol–water partition coefficient (Wildman–Crippen LogP) is 2.64. The topological polar surface area (TPSA) is 64.3 Å². The third kappa shape index (κ3) is 5.39. The molecule has 3 N–H and O–H groups in total. The molecule has 94 valence electrons. The molecule has 0 unspecified atom stereocenters. The monoisotopic (exact) mass is 320 g/mol. The van der Waals surface area contributed by atoms with Gasteiger partial charge in [-0.05, 0) is 31.0 Å². The number of halogens is 2. The van der Waals surface area contributed by atoms with Gasteiger partial charge in [0.25, 0.3) is 0 Å². The minimum absolute atomic E-state index is 0.162. The van der Waals surface area contributed by atoms with Crippen molar-refractivity contribution in [2.75, 3.05) is 6.61 Å². The zero-order valence-corrected chi connectivity index (χ0v) is 11.6. The fraction of sp³-hybridized carbons (Fsp3) is 0.364. The van der Waals surface area contributed by atoms with Crippen LogP contribution >= 0.6 is 27.5 Å². The van der Waals surface area contributed by atoms with Gasteiger partial charge >= 0.3 is 0 Å². The van der Waals surface area contributed by atoms with Crippen LogP contribution in [0.2, 0.25) is 5.02 Å². The number of carbonyl (C=O) groups is 1. The van der Waals surface area contributed by atoms with Crippen LogP contribution in [0, 0.1) is 0 Å². The Kier molecular flexibility index (Phi) is 6.32. The molecular formula is C11H14BrClN2O2. The first-order valence-electron chi connectivity index (χ1n) is 5.21. The van der Waals surface area contributed by atoms with E-state index in [0.29, 0.717) is 23.8 Å². The number of nitrogens with two attached hydrogens (primary N) is 1. The van der Waals surface area contributed by atoms with Crippen molar-refractivity contribution >= 4 is 33.4 Å². The van der Waals surface area contributed by atoms with E-state index in [0.717, 1.165) is 17.3 Å². The highest BCUT2D eigenvalue weighted by Crippen LogP contribution is 2.27. The lowest BCUT2D eigenvalue weighted by Crippen LogP contribution is -2.29. The minimum atomic E-state index is -0.162. The molecule has 0 aliphatic rings. The fourth-order valence-electron chi connectivity index (χ4n) is 1.23. The van der Waals surface area contributed by atoms with Crippen molar-refractivity contribution in [3.8, 4) is 5.75 Å². The van der Waals surface area contributed by atoms with E-state index in [9.17, 15) is 4.79 Å². The van der Waals surface area contributed by atoms with Crippen molar-refractivity contribution < 1.29 is 9.53 Å². The van der Waals surface area contributed by atoms with Gasteiger partial charge in [-0.25, -0.2) is 5.84 Å². The van der Waals surface area contributed by atoms with Crippen LogP contribution in [-0.2, 0) is 4.79 Å². The Bertz CT molecular complexity index is 388. The zero-order valence-electron chi connectivity index (χ0n) is 9.21. The van der Waals surface area contributed by atoms with Crippen molar-refractivity contribution in [2.24, 2.45) is 5.84 Å². The van der Waals surface area contributed by atoms with Crippen LogP contribution in [0.1, 0.15) is 19.3 Å². The van der Waals surface area contributed by atoms with Crippen molar-refractivity contribution in [3.05, 3.63) is 27.7 Å². The Labute approximate surface area is 114 Å². The summed E-state index contributed by atoms with van der Waals surface area (Å²) in [5.41, 5.74) is 2.08. The van der Waals surface area contributed by atoms with Crippen molar-refractivity contribution in [1.82, 2.24) is 5.43 Å². The molecule has 1 aromatic rings. The second kappa shape index (κ2) is 7.53. The minimum Gasteiger partial charge on any atom is -0.492 e. The number of hydrogen-bond acceptors (Lipinski definition) is 3. The lowest BCUT2D eigenvalue weighted by atomic mass is 10.2. The fourth-order valence-corrected chi connectivity index (χ4v) is 1.74. The second-order valence-electron chi connectivity index (χ2n) is 3.45. The summed E-state index contributed by atoms with van der Waals surface area (Å²) in [5, 5.41) is 0.577. The Morgan fingerprint density at radius 3 is 2.94 bits per heavy atom. The summed E-state index contributed by atoms with van der Waals surface area (Å²) in [5.74, 6) is 5.44. The molecule has 0 atom stereocenters. The van der Waals surface area contributed by atoms with Gasteiger partial charge in [0.15, 0.2) is 0 Å². The molecule has 0 aliphatic heterocycles. The first kappa shape index (κ1) is 14.3. The molecule has 0 aliphatic carbocycles. The maximum atomic E-state index is 10.8. The van der Waals surface area contributed by atoms with Crippen LogP contribution in [0.4, 0.5) is 0 Å². The quantitative estimate of drug-likeness (QED) is 0.366. The van der Waals surface area contributed by atoms with Gasteiger partial charge in [-0.15, -0.1) is 0 Å². The molecule has 0 aromatic heterocycles. The standard InChI is InChI=1S/C11H14BrClN2O2/c12-8-4-5-9(13)10(7-8)17-6-2-1-3-11(16)15-14/h4-5,7H,1-3,6,14H2,(H,15,16). The first-order chi connectivity index (χ1) is 8.13. The van der Waals surface area contributed by atoms with E-state index in [2.05, 4.69) is 21.4 Å². The van der Waals surface area contributed by atoms with Crippen molar-refractivity contribution in [2.45, 2.75) is 19.3 Å². The van der Waals surface area contributed by atoms with Crippen LogP contribution in [0.15, 0.2) is 22.7 Å². The van der Waals surface area contributed by atoms with E-state index in [4.69, 9.17) is 22.2 Å². The molecule has 0 saturated carbocycles. The SMILES string of the molecule is NNC(=O)CCCCOc1cc(Br)ccc1Cl. The molecule has 17 heavy (non-hydrogen) atoms. The van der Waals surface area contributed by atoms with Gasteiger partial charge in [-0.3, -0.25) is 10.2 Å². The molecule has 0 radical (unpaired) electrons. The number of nitrogens with one attached hydrogen (secondary N) is 1. The number of hydrazine groups is 1. The highest BCUT2D eigenvalue weighted by molar-refractivity contribution is 9.10. The summed E-state index contributed by atoms with van der Waals surface area (Å²) >= 11 is 9.30. The van der Waals surface area contributed by atoms with Crippen LogP contribution in [0.25, 0.3) is 0 Å². The first-order valence-corrected chi connectivity index (χ1v) is 6.38.